The smallest absolute Gasteiger partial charge is 0.318 e. The van der Waals surface area contributed by atoms with E-state index < -0.39 is 0 Å². The molecule has 4 nitrogen and oxygen atoms in total. The van der Waals surface area contributed by atoms with Crippen LogP contribution < -0.4 is 4.90 Å². The molecule has 0 aliphatic carbocycles. The first-order valence-electron chi connectivity index (χ1n) is 7.49. The van der Waals surface area contributed by atoms with Gasteiger partial charge in [-0.1, -0.05) is 42.4 Å². The van der Waals surface area contributed by atoms with E-state index >= 15 is 0 Å². The van der Waals surface area contributed by atoms with Crippen molar-refractivity contribution in [2.45, 2.75) is 38.5 Å². The van der Waals surface area contributed by atoms with Gasteiger partial charge < -0.3 is 9.32 Å². The second kappa shape index (κ2) is 6.07. The molecule has 20 heavy (non-hydrogen) atoms. The zero-order valence-electron chi connectivity index (χ0n) is 12.0. The van der Waals surface area contributed by atoms with Crippen molar-refractivity contribution in [3.05, 3.63) is 41.8 Å². The molecular weight excluding hydrogens is 250 g/mol. The lowest BCUT2D eigenvalue weighted by atomic mass is 9.92. The van der Waals surface area contributed by atoms with Crippen molar-refractivity contribution < 1.29 is 4.42 Å². The van der Waals surface area contributed by atoms with Crippen molar-refractivity contribution >= 4 is 6.01 Å². The van der Waals surface area contributed by atoms with Gasteiger partial charge in [-0.05, 0) is 30.7 Å². The number of aryl methyl sites for hydroxylation is 1. The van der Waals surface area contributed by atoms with Crippen LogP contribution in [0.25, 0.3) is 0 Å². The van der Waals surface area contributed by atoms with E-state index in [-0.39, 0.29) is 0 Å². The summed E-state index contributed by atoms with van der Waals surface area (Å²) in [6.45, 7) is 4.03. The molecule has 1 fully saturated rings. The van der Waals surface area contributed by atoms with Crippen molar-refractivity contribution in [3.8, 4) is 0 Å². The molecule has 0 bridgehead atoms. The lowest BCUT2D eigenvalue weighted by Gasteiger charge is -2.17. The molecular formula is C16H21N3O. The quantitative estimate of drug-likeness (QED) is 0.858. The van der Waals surface area contributed by atoms with Gasteiger partial charge in [0.15, 0.2) is 0 Å². The summed E-state index contributed by atoms with van der Waals surface area (Å²) in [5.41, 5.74) is 1.45. The number of benzene rings is 1. The molecule has 1 atom stereocenters. The molecule has 1 aliphatic rings. The number of aromatic nitrogens is 2. The minimum atomic E-state index is 0.648. The second-order valence-corrected chi connectivity index (χ2v) is 5.36. The van der Waals surface area contributed by atoms with E-state index in [0.29, 0.717) is 11.9 Å². The van der Waals surface area contributed by atoms with Gasteiger partial charge in [0.05, 0.1) is 0 Å². The van der Waals surface area contributed by atoms with E-state index in [1.54, 1.807) is 0 Å². The standard InChI is InChI=1S/C16H21N3O/c1-2-15-17-18-16(20-15)19-11-6-9-14(10-12-19)13-7-4-3-5-8-13/h3-5,7-8,14H,2,6,9-12H2,1H3/t14-/m1/s1. The third-order valence-corrected chi connectivity index (χ3v) is 4.03. The van der Waals surface area contributed by atoms with Crippen LogP contribution in [0.3, 0.4) is 0 Å². The maximum absolute atomic E-state index is 5.67. The van der Waals surface area contributed by atoms with Crippen LogP contribution in [-0.2, 0) is 6.42 Å². The molecule has 2 heterocycles. The van der Waals surface area contributed by atoms with E-state index in [2.05, 4.69) is 45.4 Å². The minimum absolute atomic E-state index is 0.648. The molecule has 0 amide bonds. The summed E-state index contributed by atoms with van der Waals surface area (Å²) < 4.78 is 5.67. The van der Waals surface area contributed by atoms with Crippen LogP contribution in [0, 0.1) is 0 Å². The Morgan fingerprint density at radius 2 is 2.00 bits per heavy atom. The van der Waals surface area contributed by atoms with Crippen molar-refractivity contribution in [2.75, 3.05) is 18.0 Å². The SMILES string of the molecule is CCc1nnc(N2CCC[C@@H](c3ccccc3)CC2)o1. The van der Waals surface area contributed by atoms with E-state index in [1.807, 2.05) is 6.92 Å². The van der Waals surface area contributed by atoms with Crippen LogP contribution in [-0.4, -0.2) is 23.3 Å². The molecule has 1 aromatic carbocycles. The molecule has 0 radical (unpaired) electrons. The zero-order chi connectivity index (χ0) is 13.8. The van der Waals surface area contributed by atoms with Gasteiger partial charge in [0.2, 0.25) is 5.89 Å². The second-order valence-electron chi connectivity index (χ2n) is 5.36. The maximum atomic E-state index is 5.67. The Kier molecular flexibility index (Phi) is 4.00. The Labute approximate surface area is 119 Å². The highest BCUT2D eigenvalue weighted by Gasteiger charge is 2.21. The van der Waals surface area contributed by atoms with E-state index in [0.717, 1.165) is 31.8 Å². The van der Waals surface area contributed by atoms with Crippen LogP contribution >= 0.6 is 0 Å². The van der Waals surface area contributed by atoms with Gasteiger partial charge in [0, 0.05) is 19.5 Å². The summed E-state index contributed by atoms with van der Waals surface area (Å²) in [6, 6.07) is 11.5. The van der Waals surface area contributed by atoms with Gasteiger partial charge in [-0.25, -0.2) is 0 Å². The maximum Gasteiger partial charge on any atom is 0.318 e. The summed E-state index contributed by atoms with van der Waals surface area (Å²) in [5, 5.41) is 8.22. The Balaban J connectivity index is 1.67. The van der Waals surface area contributed by atoms with Crippen LogP contribution in [0.4, 0.5) is 6.01 Å². The summed E-state index contributed by atoms with van der Waals surface area (Å²) in [7, 11) is 0. The fourth-order valence-electron chi connectivity index (χ4n) is 2.86. The summed E-state index contributed by atoms with van der Waals surface area (Å²) >= 11 is 0. The summed E-state index contributed by atoms with van der Waals surface area (Å²) in [5.74, 6) is 1.37. The molecule has 1 aromatic heterocycles. The Bertz CT molecular complexity index is 538. The Hall–Kier alpha value is -1.84. The van der Waals surface area contributed by atoms with Gasteiger partial charge in [0.25, 0.3) is 0 Å². The predicted octanol–water partition coefficient (Wildman–Crippen LogP) is 3.41. The molecule has 1 aliphatic heterocycles. The van der Waals surface area contributed by atoms with Gasteiger partial charge in [-0.2, -0.15) is 0 Å². The van der Waals surface area contributed by atoms with E-state index in [4.69, 9.17) is 4.42 Å². The summed E-state index contributed by atoms with van der Waals surface area (Å²) in [6.07, 6.45) is 4.35. The topological polar surface area (TPSA) is 42.2 Å². The number of nitrogens with zero attached hydrogens (tertiary/aromatic N) is 3. The first kappa shape index (κ1) is 13.2. The normalized spacial score (nSPS) is 19.9. The molecule has 0 unspecified atom stereocenters. The highest BCUT2D eigenvalue weighted by atomic mass is 16.4. The first-order chi connectivity index (χ1) is 9.86. The number of rotatable bonds is 3. The van der Waals surface area contributed by atoms with Crippen LogP contribution in [0.2, 0.25) is 0 Å². The van der Waals surface area contributed by atoms with Gasteiger partial charge in [-0.3, -0.25) is 0 Å². The fourth-order valence-corrected chi connectivity index (χ4v) is 2.86. The van der Waals surface area contributed by atoms with Crippen molar-refractivity contribution in [1.29, 1.82) is 0 Å². The molecule has 1 saturated heterocycles. The predicted molar refractivity (Wildman–Crippen MR) is 78.9 cm³/mol. The lowest BCUT2D eigenvalue weighted by molar-refractivity contribution is 0.487. The molecule has 2 aromatic rings. The number of hydrogen-bond acceptors (Lipinski definition) is 4. The molecule has 3 rings (SSSR count). The molecule has 0 spiro atoms. The van der Waals surface area contributed by atoms with Crippen molar-refractivity contribution in [1.82, 2.24) is 10.2 Å². The number of hydrogen-bond donors (Lipinski definition) is 0. The van der Waals surface area contributed by atoms with Gasteiger partial charge in [-0.15, -0.1) is 5.10 Å². The fraction of sp³-hybridized carbons (Fsp3) is 0.500. The van der Waals surface area contributed by atoms with E-state index in [9.17, 15) is 0 Å². The molecule has 0 N–H and O–H groups in total. The Morgan fingerprint density at radius 1 is 1.15 bits per heavy atom. The first-order valence-corrected chi connectivity index (χ1v) is 7.49. The van der Waals surface area contributed by atoms with Crippen molar-refractivity contribution in [3.63, 3.8) is 0 Å². The molecule has 106 valence electrons. The summed E-state index contributed by atoms with van der Waals surface area (Å²) in [4.78, 5) is 2.23. The van der Waals surface area contributed by atoms with Crippen molar-refractivity contribution in [2.24, 2.45) is 0 Å². The molecule has 4 heteroatoms. The lowest BCUT2D eigenvalue weighted by Crippen LogP contribution is -2.24. The number of anilines is 1. The highest BCUT2D eigenvalue weighted by molar-refractivity contribution is 5.26. The average Bonchev–Trinajstić information content (AvgIpc) is 2.85. The monoisotopic (exact) mass is 271 g/mol. The van der Waals surface area contributed by atoms with Crippen LogP contribution in [0.5, 0.6) is 0 Å². The Morgan fingerprint density at radius 3 is 2.75 bits per heavy atom. The van der Waals surface area contributed by atoms with Crippen LogP contribution in [0.15, 0.2) is 34.7 Å². The zero-order valence-corrected chi connectivity index (χ0v) is 12.0. The highest BCUT2D eigenvalue weighted by Crippen LogP contribution is 2.29. The minimum Gasteiger partial charge on any atom is -0.408 e. The van der Waals surface area contributed by atoms with E-state index in [1.165, 1.54) is 18.4 Å². The van der Waals surface area contributed by atoms with Gasteiger partial charge in [0.1, 0.15) is 0 Å². The average molecular weight is 271 g/mol. The van der Waals surface area contributed by atoms with Gasteiger partial charge >= 0.3 is 6.01 Å². The third-order valence-electron chi connectivity index (χ3n) is 4.03. The van der Waals surface area contributed by atoms with Crippen LogP contribution in [0.1, 0.15) is 43.6 Å². The third kappa shape index (κ3) is 2.84. The largest absolute Gasteiger partial charge is 0.408 e. The molecule has 0 saturated carbocycles.